The van der Waals surface area contributed by atoms with E-state index in [1.807, 2.05) is 13.8 Å². The number of aryl methyl sites for hydroxylation is 2. The molecule has 2 rings (SSSR count). The number of methoxy groups -OCH3 is 1. The first-order valence-electron chi connectivity index (χ1n) is 6.83. The zero-order chi connectivity index (χ0) is 14.8. The van der Waals surface area contributed by atoms with Crippen molar-refractivity contribution in [2.75, 3.05) is 33.3 Å². The van der Waals surface area contributed by atoms with Gasteiger partial charge in [0.05, 0.1) is 12.0 Å². The molecule has 21 heavy (non-hydrogen) atoms. The first-order chi connectivity index (χ1) is 9.46. The second-order valence-corrected chi connectivity index (χ2v) is 7.04. The summed E-state index contributed by atoms with van der Waals surface area (Å²) in [5, 5.41) is 3.22. The lowest BCUT2D eigenvalue weighted by atomic mass is 10.1. The van der Waals surface area contributed by atoms with Crippen LogP contribution in [0.3, 0.4) is 0 Å². The van der Waals surface area contributed by atoms with E-state index in [0.29, 0.717) is 24.5 Å². The molecule has 0 radical (unpaired) electrons. The van der Waals surface area contributed by atoms with E-state index in [0.717, 1.165) is 29.8 Å². The molecule has 0 aliphatic carbocycles. The van der Waals surface area contributed by atoms with Gasteiger partial charge in [-0.15, -0.1) is 12.4 Å². The number of hydrogen-bond acceptors (Lipinski definition) is 4. The lowest BCUT2D eigenvalue weighted by Gasteiger charge is -2.21. The third-order valence-corrected chi connectivity index (χ3v) is 5.45. The Kier molecular flexibility index (Phi) is 6.46. The van der Waals surface area contributed by atoms with Crippen molar-refractivity contribution in [3.63, 3.8) is 0 Å². The summed E-state index contributed by atoms with van der Waals surface area (Å²) in [5.41, 5.74) is 1.69. The summed E-state index contributed by atoms with van der Waals surface area (Å²) in [4.78, 5) is 0.357. The normalized spacial score (nSPS) is 16.9. The number of hydrogen-bond donors (Lipinski definition) is 1. The van der Waals surface area contributed by atoms with Gasteiger partial charge in [0, 0.05) is 19.6 Å². The summed E-state index contributed by atoms with van der Waals surface area (Å²) in [6, 6.07) is 3.39. The molecule has 1 aliphatic rings. The van der Waals surface area contributed by atoms with Crippen molar-refractivity contribution in [1.82, 2.24) is 9.62 Å². The van der Waals surface area contributed by atoms with Crippen LogP contribution in [0.1, 0.15) is 17.5 Å². The predicted molar refractivity (Wildman–Crippen MR) is 86.0 cm³/mol. The van der Waals surface area contributed by atoms with Gasteiger partial charge in [0.25, 0.3) is 0 Å². The molecule has 5 nitrogen and oxygen atoms in total. The Morgan fingerprint density at radius 1 is 1.14 bits per heavy atom. The highest BCUT2D eigenvalue weighted by atomic mass is 35.5. The number of benzene rings is 1. The maximum Gasteiger partial charge on any atom is 0.243 e. The van der Waals surface area contributed by atoms with Crippen LogP contribution in [0.4, 0.5) is 0 Å². The summed E-state index contributed by atoms with van der Waals surface area (Å²) >= 11 is 0. The van der Waals surface area contributed by atoms with E-state index in [-0.39, 0.29) is 12.4 Å². The van der Waals surface area contributed by atoms with Gasteiger partial charge >= 0.3 is 0 Å². The number of nitrogens with zero attached hydrogens (tertiary/aromatic N) is 1. The van der Waals surface area contributed by atoms with E-state index in [4.69, 9.17) is 4.74 Å². The van der Waals surface area contributed by atoms with Gasteiger partial charge in [-0.2, -0.15) is 4.31 Å². The first kappa shape index (κ1) is 18.2. The SMILES string of the molecule is COc1c(C)cc(S(=O)(=O)N2CCCNCC2)cc1C.Cl. The zero-order valence-corrected chi connectivity index (χ0v) is 14.3. The molecule has 0 atom stereocenters. The molecule has 1 heterocycles. The number of rotatable bonds is 3. The van der Waals surface area contributed by atoms with Crippen molar-refractivity contribution in [2.45, 2.75) is 25.2 Å². The largest absolute Gasteiger partial charge is 0.496 e. The minimum absolute atomic E-state index is 0. The molecule has 0 saturated carbocycles. The molecule has 1 aromatic rings. The summed E-state index contributed by atoms with van der Waals surface area (Å²) in [6.45, 7) is 6.40. The van der Waals surface area contributed by atoms with Gasteiger partial charge in [-0.25, -0.2) is 8.42 Å². The molecular formula is C14H23ClN2O3S. The topological polar surface area (TPSA) is 58.6 Å². The van der Waals surface area contributed by atoms with Gasteiger partial charge in [-0.05, 0) is 50.1 Å². The maximum absolute atomic E-state index is 12.7. The van der Waals surface area contributed by atoms with E-state index >= 15 is 0 Å². The highest BCUT2D eigenvalue weighted by molar-refractivity contribution is 7.89. The molecule has 7 heteroatoms. The molecule has 0 unspecified atom stereocenters. The van der Waals surface area contributed by atoms with Crippen molar-refractivity contribution in [3.05, 3.63) is 23.3 Å². The standard InChI is InChI=1S/C14H22N2O3S.ClH/c1-11-9-13(10-12(2)14(11)19-3)20(17,18)16-7-4-5-15-6-8-16;/h9-10,15H,4-8H2,1-3H3;1H. The molecule has 0 bridgehead atoms. The smallest absolute Gasteiger partial charge is 0.243 e. The fourth-order valence-electron chi connectivity index (χ4n) is 2.59. The minimum Gasteiger partial charge on any atom is -0.496 e. The molecule has 1 fully saturated rings. The molecule has 0 spiro atoms. The summed E-state index contributed by atoms with van der Waals surface area (Å²) in [7, 11) is -1.82. The van der Waals surface area contributed by atoms with Gasteiger partial charge in [0.1, 0.15) is 5.75 Å². The molecule has 1 saturated heterocycles. The van der Waals surface area contributed by atoms with Crippen LogP contribution in [0.15, 0.2) is 17.0 Å². The van der Waals surface area contributed by atoms with Crippen molar-refractivity contribution in [3.8, 4) is 5.75 Å². The maximum atomic E-state index is 12.7. The summed E-state index contributed by atoms with van der Waals surface area (Å²) < 4.78 is 32.3. The van der Waals surface area contributed by atoms with Gasteiger partial charge < -0.3 is 10.1 Å². The van der Waals surface area contributed by atoms with Gasteiger partial charge in [0.15, 0.2) is 0 Å². The van der Waals surface area contributed by atoms with E-state index in [1.165, 1.54) is 0 Å². The first-order valence-corrected chi connectivity index (χ1v) is 8.27. The van der Waals surface area contributed by atoms with Crippen LogP contribution in [0.25, 0.3) is 0 Å². The highest BCUT2D eigenvalue weighted by Crippen LogP contribution is 2.28. The second-order valence-electron chi connectivity index (χ2n) is 5.10. The predicted octanol–water partition coefficient (Wildman–Crippen LogP) is 1.72. The van der Waals surface area contributed by atoms with Gasteiger partial charge in [-0.1, -0.05) is 0 Å². The lowest BCUT2D eigenvalue weighted by molar-refractivity contribution is 0.407. The van der Waals surface area contributed by atoms with E-state index < -0.39 is 10.0 Å². The van der Waals surface area contributed by atoms with Crippen LogP contribution in [-0.2, 0) is 10.0 Å². The molecular weight excluding hydrogens is 312 g/mol. The Hall–Kier alpha value is -0.820. The average Bonchev–Trinajstić information content (AvgIpc) is 2.67. The Bertz CT molecular complexity index is 559. The number of nitrogens with one attached hydrogen (secondary N) is 1. The lowest BCUT2D eigenvalue weighted by Crippen LogP contribution is -2.34. The van der Waals surface area contributed by atoms with Crippen molar-refractivity contribution < 1.29 is 13.2 Å². The fraction of sp³-hybridized carbons (Fsp3) is 0.571. The third-order valence-electron chi connectivity index (χ3n) is 3.57. The molecule has 120 valence electrons. The number of halogens is 1. The monoisotopic (exact) mass is 334 g/mol. The highest BCUT2D eigenvalue weighted by Gasteiger charge is 2.26. The number of sulfonamides is 1. The fourth-order valence-corrected chi connectivity index (χ4v) is 4.24. The van der Waals surface area contributed by atoms with Crippen LogP contribution >= 0.6 is 12.4 Å². The van der Waals surface area contributed by atoms with Crippen LogP contribution in [0, 0.1) is 13.8 Å². The van der Waals surface area contributed by atoms with Crippen LogP contribution in [-0.4, -0.2) is 46.0 Å². The van der Waals surface area contributed by atoms with Crippen LogP contribution < -0.4 is 10.1 Å². The molecule has 1 aromatic carbocycles. The van der Waals surface area contributed by atoms with Crippen LogP contribution in [0.5, 0.6) is 5.75 Å². The summed E-state index contributed by atoms with van der Waals surface area (Å²) in [6.07, 6.45) is 0.841. The van der Waals surface area contributed by atoms with Crippen molar-refractivity contribution in [1.29, 1.82) is 0 Å². The third kappa shape index (κ3) is 3.88. The van der Waals surface area contributed by atoms with Crippen molar-refractivity contribution >= 4 is 22.4 Å². The van der Waals surface area contributed by atoms with E-state index in [9.17, 15) is 8.42 Å². The molecule has 0 amide bonds. The Morgan fingerprint density at radius 2 is 1.76 bits per heavy atom. The van der Waals surface area contributed by atoms with Gasteiger partial charge in [0.2, 0.25) is 10.0 Å². The zero-order valence-electron chi connectivity index (χ0n) is 12.7. The van der Waals surface area contributed by atoms with E-state index in [1.54, 1.807) is 23.5 Å². The van der Waals surface area contributed by atoms with Gasteiger partial charge in [-0.3, -0.25) is 0 Å². The van der Waals surface area contributed by atoms with Crippen LogP contribution in [0.2, 0.25) is 0 Å². The molecule has 1 N–H and O–H groups in total. The summed E-state index contributed by atoms with van der Waals surface area (Å²) in [5.74, 6) is 0.751. The Morgan fingerprint density at radius 3 is 2.33 bits per heavy atom. The average molecular weight is 335 g/mol. The Labute approximate surface area is 133 Å². The van der Waals surface area contributed by atoms with E-state index in [2.05, 4.69) is 5.32 Å². The molecule has 1 aliphatic heterocycles. The minimum atomic E-state index is -3.42. The quantitative estimate of drug-likeness (QED) is 0.914. The number of ether oxygens (including phenoxy) is 1. The molecule has 0 aromatic heterocycles. The Balaban J connectivity index is 0.00000220. The second kappa shape index (κ2) is 7.45. The van der Waals surface area contributed by atoms with Crippen molar-refractivity contribution in [2.24, 2.45) is 0 Å².